The average Bonchev–Trinajstić information content (AvgIpc) is 1.89. The van der Waals surface area contributed by atoms with Gasteiger partial charge in [0.2, 0.25) is 0 Å². The van der Waals surface area contributed by atoms with Gasteiger partial charge in [-0.1, -0.05) is 6.92 Å². The number of rotatable bonds is 4. The Bertz CT molecular complexity index is 96.9. The van der Waals surface area contributed by atoms with Gasteiger partial charge in [-0.15, -0.1) is 11.8 Å². The van der Waals surface area contributed by atoms with Crippen molar-refractivity contribution in [2.45, 2.75) is 19.8 Å². The third-order valence-corrected chi connectivity index (χ3v) is 1.91. The zero-order valence-electron chi connectivity index (χ0n) is 5.94. The van der Waals surface area contributed by atoms with Gasteiger partial charge >= 0.3 is 0 Å². The van der Waals surface area contributed by atoms with Gasteiger partial charge in [-0.3, -0.25) is 0 Å². The van der Waals surface area contributed by atoms with Crippen LogP contribution in [-0.4, -0.2) is 11.5 Å². The molecule has 0 rings (SSSR count). The van der Waals surface area contributed by atoms with Gasteiger partial charge in [-0.2, -0.15) is 11.8 Å². The second-order valence-electron chi connectivity index (χ2n) is 1.64. The lowest BCUT2D eigenvalue weighted by atomic mass is 10.5. The van der Waals surface area contributed by atoms with Crippen LogP contribution >= 0.6 is 11.8 Å². The second-order valence-corrected chi connectivity index (χ2v) is 2.87. The van der Waals surface area contributed by atoms with Crippen molar-refractivity contribution in [3.8, 4) is 11.8 Å². The summed E-state index contributed by atoms with van der Waals surface area (Å²) in [5.41, 5.74) is 0. The average molecular weight is 141 g/mol. The first kappa shape index (κ1) is 8.91. The number of hydrogen-bond donors (Lipinski definition) is 0. The van der Waals surface area contributed by atoms with Crippen molar-refractivity contribution in [3.63, 3.8) is 0 Å². The quantitative estimate of drug-likeness (QED) is 0.428. The monoisotopic (exact) mass is 141 g/mol. The van der Waals surface area contributed by atoms with Gasteiger partial charge in [0.25, 0.3) is 0 Å². The van der Waals surface area contributed by atoms with Gasteiger partial charge < -0.3 is 0 Å². The van der Waals surface area contributed by atoms with Crippen molar-refractivity contribution in [3.05, 3.63) is 6.92 Å². The minimum absolute atomic E-state index is 1.03. The van der Waals surface area contributed by atoms with Crippen LogP contribution in [0.1, 0.15) is 19.8 Å². The highest BCUT2D eigenvalue weighted by Gasteiger charge is 1.82. The molecule has 0 aromatic heterocycles. The van der Waals surface area contributed by atoms with Crippen LogP contribution in [0.2, 0.25) is 0 Å². The van der Waals surface area contributed by atoms with E-state index in [-0.39, 0.29) is 0 Å². The van der Waals surface area contributed by atoms with Gasteiger partial charge in [0.15, 0.2) is 0 Å². The SMILES string of the molecule is [CH2]CCSCCC#CC. The van der Waals surface area contributed by atoms with E-state index >= 15 is 0 Å². The molecule has 0 spiro atoms. The van der Waals surface area contributed by atoms with E-state index < -0.39 is 0 Å². The number of hydrogen-bond acceptors (Lipinski definition) is 1. The zero-order valence-corrected chi connectivity index (χ0v) is 6.76. The summed E-state index contributed by atoms with van der Waals surface area (Å²) in [5.74, 6) is 8.22. The molecule has 0 aromatic carbocycles. The molecule has 0 aliphatic carbocycles. The summed E-state index contributed by atoms with van der Waals surface area (Å²) >= 11 is 1.93. The molecule has 1 radical (unpaired) electrons. The predicted octanol–water partition coefficient (Wildman–Crippen LogP) is 2.36. The molecule has 0 N–H and O–H groups in total. The molecule has 0 fully saturated rings. The molecular weight excluding hydrogens is 128 g/mol. The minimum atomic E-state index is 1.03. The molecular formula is C8H13S. The smallest absolute Gasteiger partial charge is 0.0179 e. The maximum Gasteiger partial charge on any atom is 0.0179 e. The lowest BCUT2D eigenvalue weighted by Gasteiger charge is -1.91. The van der Waals surface area contributed by atoms with Crippen molar-refractivity contribution < 1.29 is 0 Å². The van der Waals surface area contributed by atoms with Crippen molar-refractivity contribution >= 4 is 11.8 Å². The van der Waals surface area contributed by atoms with Crippen LogP contribution in [0.15, 0.2) is 0 Å². The first-order valence-electron chi connectivity index (χ1n) is 3.18. The highest BCUT2D eigenvalue weighted by Crippen LogP contribution is 2.02. The Labute approximate surface area is 62.4 Å². The maximum atomic E-state index is 3.75. The third-order valence-electron chi connectivity index (χ3n) is 0.837. The molecule has 0 heterocycles. The molecule has 0 nitrogen and oxygen atoms in total. The van der Waals surface area contributed by atoms with E-state index in [2.05, 4.69) is 18.8 Å². The van der Waals surface area contributed by atoms with Crippen molar-refractivity contribution in [2.75, 3.05) is 11.5 Å². The molecule has 51 valence electrons. The highest BCUT2D eigenvalue weighted by atomic mass is 32.2. The fraction of sp³-hybridized carbons (Fsp3) is 0.625. The van der Waals surface area contributed by atoms with Crippen LogP contribution in [0, 0.1) is 18.8 Å². The molecule has 0 aliphatic rings. The summed E-state index contributed by atoms with van der Waals surface area (Å²) in [5, 5.41) is 0. The van der Waals surface area contributed by atoms with Gasteiger partial charge in [-0.25, -0.2) is 0 Å². The van der Waals surface area contributed by atoms with Crippen molar-refractivity contribution in [1.82, 2.24) is 0 Å². The summed E-state index contributed by atoms with van der Waals surface area (Å²) in [4.78, 5) is 0. The maximum absolute atomic E-state index is 3.75. The molecule has 0 aromatic rings. The van der Waals surface area contributed by atoms with Crippen molar-refractivity contribution in [1.29, 1.82) is 0 Å². The molecule has 0 unspecified atom stereocenters. The fourth-order valence-electron chi connectivity index (χ4n) is 0.452. The Kier molecular flexibility index (Phi) is 7.83. The van der Waals surface area contributed by atoms with Crippen LogP contribution in [-0.2, 0) is 0 Å². The van der Waals surface area contributed by atoms with Crippen LogP contribution in [0.5, 0.6) is 0 Å². The van der Waals surface area contributed by atoms with E-state index in [9.17, 15) is 0 Å². The Morgan fingerprint density at radius 2 is 2.22 bits per heavy atom. The Morgan fingerprint density at radius 1 is 1.44 bits per heavy atom. The Balaban J connectivity index is 2.80. The van der Waals surface area contributed by atoms with Crippen LogP contribution in [0.3, 0.4) is 0 Å². The first-order chi connectivity index (χ1) is 4.41. The molecule has 0 bridgehead atoms. The minimum Gasteiger partial charge on any atom is -0.161 e. The number of thioether (sulfide) groups is 1. The summed E-state index contributed by atoms with van der Waals surface area (Å²) < 4.78 is 0. The topological polar surface area (TPSA) is 0 Å². The van der Waals surface area contributed by atoms with Gasteiger partial charge in [0, 0.05) is 12.2 Å². The standard InChI is InChI=1S/C8H13S/c1-3-5-6-8-9-7-4-2/h2,4,6-8H2,1H3. The van der Waals surface area contributed by atoms with Gasteiger partial charge in [0.05, 0.1) is 0 Å². The van der Waals surface area contributed by atoms with Crippen molar-refractivity contribution in [2.24, 2.45) is 0 Å². The predicted molar refractivity (Wildman–Crippen MR) is 45.4 cm³/mol. The Morgan fingerprint density at radius 3 is 2.78 bits per heavy atom. The highest BCUT2D eigenvalue weighted by molar-refractivity contribution is 7.99. The van der Waals surface area contributed by atoms with Crippen LogP contribution in [0.25, 0.3) is 0 Å². The molecule has 9 heavy (non-hydrogen) atoms. The first-order valence-corrected chi connectivity index (χ1v) is 4.34. The summed E-state index contributed by atoms with van der Waals surface area (Å²) in [6.45, 7) is 5.63. The molecule has 0 saturated carbocycles. The molecule has 1 heteroatoms. The molecule has 0 amide bonds. The third kappa shape index (κ3) is 7.91. The Hall–Kier alpha value is -0.0900. The largest absolute Gasteiger partial charge is 0.161 e. The summed E-state index contributed by atoms with van der Waals surface area (Å²) in [6, 6.07) is 0. The van der Waals surface area contributed by atoms with E-state index in [1.807, 2.05) is 18.7 Å². The van der Waals surface area contributed by atoms with Crippen LogP contribution in [0.4, 0.5) is 0 Å². The lowest BCUT2D eigenvalue weighted by molar-refractivity contribution is 1.22. The second kappa shape index (κ2) is 7.91. The lowest BCUT2D eigenvalue weighted by Crippen LogP contribution is -1.78. The van der Waals surface area contributed by atoms with Crippen LogP contribution < -0.4 is 0 Å². The van der Waals surface area contributed by atoms with E-state index in [4.69, 9.17) is 0 Å². The molecule has 0 saturated heterocycles. The van der Waals surface area contributed by atoms with E-state index in [1.165, 1.54) is 5.75 Å². The van der Waals surface area contributed by atoms with E-state index in [0.717, 1.165) is 18.6 Å². The van der Waals surface area contributed by atoms with Gasteiger partial charge in [-0.05, 0) is 19.1 Å². The van der Waals surface area contributed by atoms with E-state index in [0.29, 0.717) is 0 Å². The van der Waals surface area contributed by atoms with E-state index in [1.54, 1.807) is 0 Å². The fourth-order valence-corrected chi connectivity index (χ4v) is 1.11. The van der Waals surface area contributed by atoms with Gasteiger partial charge in [0.1, 0.15) is 0 Å². The normalized spacial score (nSPS) is 8.22. The zero-order chi connectivity index (χ0) is 6.95. The molecule has 0 aliphatic heterocycles. The summed E-state index contributed by atoms with van der Waals surface area (Å²) in [7, 11) is 0. The molecule has 0 atom stereocenters. The summed E-state index contributed by atoms with van der Waals surface area (Å²) in [6.07, 6.45) is 2.06.